The molecule has 1 nitrogen and oxygen atoms in total. The fourth-order valence-corrected chi connectivity index (χ4v) is 2.15. The van der Waals surface area contributed by atoms with E-state index in [1.165, 1.54) is 6.07 Å². The van der Waals surface area contributed by atoms with Crippen LogP contribution >= 0.6 is 11.6 Å². The van der Waals surface area contributed by atoms with Gasteiger partial charge in [0.05, 0.1) is 0 Å². The first-order valence-electron chi connectivity index (χ1n) is 6.27. The molecule has 0 spiro atoms. The zero-order chi connectivity index (χ0) is 13.4. The van der Waals surface area contributed by atoms with Crippen molar-refractivity contribution in [1.82, 2.24) is 5.32 Å². The van der Waals surface area contributed by atoms with Gasteiger partial charge in [0.15, 0.2) is 0 Å². The smallest absolute Gasteiger partial charge is 0.129 e. The first kappa shape index (κ1) is 15.0. The first-order chi connectivity index (χ1) is 8.70. The van der Waals surface area contributed by atoms with Gasteiger partial charge in [-0.25, -0.2) is 4.39 Å². The van der Waals surface area contributed by atoms with Gasteiger partial charge in [0.25, 0.3) is 0 Å². The maximum Gasteiger partial charge on any atom is 0.129 e. The van der Waals surface area contributed by atoms with E-state index in [4.69, 9.17) is 11.6 Å². The van der Waals surface area contributed by atoms with Gasteiger partial charge >= 0.3 is 0 Å². The van der Waals surface area contributed by atoms with Crippen LogP contribution in [0.25, 0.3) is 0 Å². The summed E-state index contributed by atoms with van der Waals surface area (Å²) in [6, 6.07) is 4.74. The third kappa shape index (κ3) is 4.33. The third-order valence-electron chi connectivity index (χ3n) is 2.72. The Kier molecular flexibility index (Phi) is 6.78. The molecule has 0 bridgehead atoms. The molecule has 0 amide bonds. The molecule has 0 aromatic heterocycles. The SMILES string of the molecule is CC#CCCC(NCCC)c1c(F)cccc1Cl. The van der Waals surface area contributed by atoms with E-state index in [2.05, 4.69) is 24.1 Å². The van der Waals surface area contributed by atoms with Crippen molar-refractivity contribution < 1.29 is 4.39 Å². The fourth-order valence-electron chi connectivity index (χ4n) is 1.85. The van der Waals surface area contributed by atoms with Crippen molar-refractivity contribution in [1.29, 1.82) is 0 Å². The van der Waals surface area contributed by atoms with E-state index in [-0.39, 0.29) is 11.9 Å². The molecular weight excluding hydrogens is 249 g/mol. The van der Waals surface area contributed by atoms with Crippen LogP contribution in [0.15, 0.2) is 18.2 Å². The van der Waals surface area contributed by atoms with Gasteiger partial charge < -0.3 is 5.32 Å². The first-order valence-corrected chi connectivity index (χ1v) is 6.65. The summed E-state index contributed by atoms with van der Waals surface area (Å²) in [5.41, 5.74) is 0.561. The summed E-state index contributed by atoms with van der Waals surface area (Å²) in [5.74, 6) is 5.61. The Labute approximate surface area is 114 Å². The van der Waals surface area contributed by atoms with Gasteiger partial charge in [-0.15, -0.1) is 11.8 Å². The molecule has 1 unspecified atom stereocenters. The Hall–Kier alpha value is -1.04. The zero-order valence-electron chi connectivity index (χ0n) is 10.9. The van der Waals surface area contributed by atoms with E-state index < -0.39 is 0 Å². The van der Waals surface area contributed by atoms with Gasteiger partial charge in [0, 0.05) is 23.0 Å². The molecule has 0 aliphatic carbocycles. The quantitative estimate of drug-likeness (QED) is 0.757. The van der Waals surface area contributed by atoms with Crippen molar-refractivity contribution in [3.63, 3.8) is 0 Å². The number of hydrogen-bond acceptors (Lipinski definition) is 1. The molecule has 1 atom stereocenters. The summed E-state index contributed by atoms with van der Waals surface area (Å²) in [6.45, 7) is 4.73. The van der Waals surface area contributed by atoms with E-state index in [0.29, 0.717) is 10.6 Å². The van der Waals surface area contributed by atoms with Crippen LogP contribution in [0.4, 0.5) is 4.39 Å². The average Bonchev–Trinajstić information content (AvgIpc) is 2.35. The van der Waals surface area contributed by atoms with E-state index in [1.807, 2.05) is 6.92 Å². The summed E-state index contributed by atoms with van der Waals surface area (Å²) in [6.07, 6.45) is 2.51. The van der Waals surface area contributed by atoms with Gasteiger partial charge in [-0.05, 0) is 38.4 Å². The molecule has 1 aromatic carbocycles. The second-order valence-corrected chi connectivity index (χ2v) is 4.51. The highest BCUT2D eigenvalue weighted by Gasteiger charge is 2.17. The van der Waals surface area contributed by atoms with Crippen molar-refractivity contribution in [2.24, 2.45) is 0 Å². The number of hydrogen-bond donors (Lipinski definition) is 1. The van der Waals surface area contributed by atoms with Crippen LogP contribution in [0.1, 0.15) is 44.7 Å². The Bertz CT molecular complexity index is 414. The highest BCUT2D eigenvalue weighted by atomic mass is 35.5. The molecule has 0 radical (unpaired) electrons. The summed E-state index contributed by atoms with van der Waals surface area (Å²) in [4.78, 5) is 0. The van der Waals surface area contributed by atoms with Crippen molar-refractivity contribution in [3.8, 4) is 11.8 Å². The molecule has 0 saturated heterocycles. The Morgan fingerprint density at radius 1 is 1.44 bits per heavy atom. The minimum absolute atomic E-state index is 0.0699. The molecule has 18 heavy (non-hydrogen) atoms. The maximum absolute atomic E-state index is 13.9. The topological polar surface area (TPSA) is 12.0 Å². The Morgan fingerprint density at radius 2 is 2.22 bits per heavy atom. The minimum atomic E-state index is -0.249. The van der Waals surface area contributed by atoms with Crippen LogP contribution in [0, 0.1) is 17.7 Å². The summed E-state index contributed by atoms with van der Waals surface area (Å²) >= 11 is 6.10. The van der Waals surface area contributed by atoms with Crippen molar-refractivity contribution in [2.75, 3.05) is 6.54 Å². The highest BCUT2D eigenvalue weighted by molar-refractivity contribution is 6.31. The van der Waals surface area contributed by atoms with Crippen LogP contribution in [-0.4, -0.2) is 6.54 Å². The summed E-state index contributed by atoms with van der Waals surface area (Å²) in [5, 5.41) is 3.81. The van der Waals surface area contributed by atoms with E-state index in [0.717, 1.165) is 25.8 Å². The van der Waals surface area contributed by atoms with Crippen molar-refractivity contribution >= 4 is 11.6 Å². The van der Waals surface area contributed by atoms with E-state index in [1.54, 1.807) is 12.1 Å². The molecule has 0 aliphatic heterocycles. The molecular formula is C15H19ClFN. The van der Waals surface area contributed by atoms with Gasteiger partial charge in [0.2, 0.25) is 0 Å². The Morgan fingerprint density at radius 3 is 2.83 bits per heavy atom. The largest absolute Gasteiger partial charge is 0.310 e. The van der Waals surface area contributed by atoms with Crippen LogP contribution in [0.5, 0.6) is 0 Å². The molecule has 0 fully saturated rings. The summed E-state index contributed by atoms with van der Waals surface area (Å²) < 4.78 is 13.9. The van der Waals surface area contributed by atoms with Crippen LogP contribution in [-0.2, 0) is 0 Å². The molecule has 1 aromatic rings. The lowest BCUT2D eigenvalue weighted by Gasteiger charge is -2.19. The van der Waals surface area contributed by atoms with Crippen LogP contribution in [0.2, 0.25) is 5.02 Å². The van der Waals surface area contributed by atoms with Crippen LogP contribution in [0.3, 0.4) is 0 Å². The molecule has 0 saturated carbocycles. The van der Waals surface area contributed by atoms with E-state index >= 15 is 0 Å². The lowest BCUT2D eigenvalue weighted by atomic mass is 10.0. The zero-order valence-corrected chi connectivity index (χ0v) is 11.6. The lowest BCUT2D eigenvalue weighted by Crippen LogP contribution is -2.23. The number of benzene rings is 1. The molecule has 0 aliphatic rings. The predicted molar refractivity (Wildman–Crippen MR) is 75.1 cm³/mol. The van der Waals surface area contributed by atoms with Gasteiger partial charge in [0.1, 0.15) is 5.82 Å². The number of nitrogens with one attached hydrogen (secondary N) is 1. The normalized spacial score (nSPS) is 11.8. The summed E-state index contributed by atoms with van der Waals surface area (Å²) in [7, 11) is 0. The van der Waals surface area contributed by atoms with Gasteiger partial charge in [-0.1, -0.05) is 24.6 Å². The monoisotopic (exact) mass is 267 g/mol. The molecule has 1 rings (SSSR count). The molecule has 0 heterocycles. The second-order valence-electron chi connectivity index (χ2n) is 4.11. The van der Waals surface area contributed by atoms with Crippen molar-refractivity contribution in [3.05, 3.63) is 34.6 Å². The third-order valence-corrected chi connectivity index (χ3v) is 3.05. The molecule has 3 heteroatoms. The number of halogens is 2. The lowest BCUT2D eigenvalue weighted by molar-refractivity contribution is 0.479. The second kappa shape index (κ2) is 8.13. The van der Waals surface area contributed by atoms with E-state index in [9.17, 15) is 4.39 Å². The number of rotatable bonds is 6. The van der Waals surface area contributed by atoms with Crippen molar-refractivity contribution in [2.45, 2.75) is 39.2 Å². The van der Waals surface area contributed by atoms with Gasteiger partial charge in [-0.2, -0.15) is 0 Å². The van der Waals surface area contributed by atoms with Gasteiger partial charge in [-0.3, -0.25) is 0 Å². The Balaban J connectivity index is 2.88. The minimum Gasteiger partial charge on any atom is -0.310 e. The van der Waals surface area contributed by atoms with Crippen LogP contribution < -0.4 is 5.32 Å². The molecule has 1 N–H and O–H groups in total. The fraction of sp³-hybridized carbons (Fsp3) is 0.467. The maximum atomic E-state index is 13.9. The predicted octanol–water partition coefficient (Wildman–Crippen LogP) is 4.32. The molecule has 98 valence electrons. The average molecular weight is 268 g/mol. The highest BCUT2D eigenvalue weighted by Crippen LogP contribution is 2.28. The standard InChI is InChI=1S/C15H19ClFN/c1-3-5-6-10-14(18-11-4-2)15-12(16)8-7-9-13(15)17/h7-9,14,18H,4,6,10-11H2,1-2H3.